The van der Waals surface area contributed by atoms with E-state index in [1.54, 1.807) is 41.9 Å². The molecule has 150 valence electrons. The van der Waals surface area contributed by atoms with E-state index in [2.05, 4.69) is 4.98 Å². The number of methoxy groups -OCH3 is 1. The van der Waals surface area contributed by atoms with E-state index >= 15 is 0 Å². The van der Waals surface area contributed by atoms with Crippen LogP contribution in [0.15, 0.2) is 42.6 Å². The summed E-state index contributed by atoms with van der Waals surface area (Å²) in [6, 6.07) is 9.34. The van der Waals surface area contributed by atoms with Crippen molar-refractivity contribution in [3.8, 4) is 17.4 Å². The molecule has 9 nitrogen and oxygen atoms in total. The number of hydroxylamine groups is 1. The van der Waals surface area contributed by atoms with Crippen molar-refractivity contribution in [1.29, 1.82) is 0 Å². The molecule has 0 saturated carbocycles. The van der Waals surface area contributed by atoms with Gasteiger partial charge >= 0.3 is 0 Å². The van der Waals surface area contributed by atoms with Gasteiger partial charge in [0.25, 0.3) is 5.91 Å². The van der Waals surface area contributed by atoms with Crippen molar-refractivity contribution in [2.45, 2.75) is 25.4 Å². The molecule has 1 fully saturated rings. The van der Waals surface area contributed by atoms with E-state index in [-0.39, 0.29) is 12.3 Å². The maximum Gasteiger partial charge on any atom is 0.261 e. The first-order valence-electron chi connectivity index (χ1n) is 8.63. The van der Waals surface area contributed by atoms with Gasteiger partial charge in [0, 0.05) is 12.6 Å². The van der Waals surface area contributed by atoms with Gasteiger partial charge in [0.05, 0.1) is 19.1 Å². The van der Waals surface area contributed by atoms with Crippen LogP contribution in [-0.2, 0) is 21.4 Å². The van der Waals surface area contributed by atoms with E-state index in [4.69, 9.17) is 14.7 Å². The third-order valence-electron chi connectivity index (χ3n) is 4.41. The zero-order valence-electron chi connectivity index (χ0n) is 15.2. The van der Waals surface area contributed by atoms with Crippen LogP contribution < -0.4 is 15.0 Å². The van der Waals surface area contributed by atoms with Gasteiger partial charge in [-0.05, 0) is 36.6 Å². The highest BCUT2D eigenvalue weighted by Gasteiger charge is 2.38. The number of carbonyl (C=O) groups is 1. The lowest BCUT2D eigenvalue weighted by Gasteiger charge is -2.33. The highest BCUT2D eigenvalue weighted by molar-refractivity contribution is 7.89. The largest absolute Gasteiger partial charge is 0.481 e. The summed E-state index contributed by atoms with van der Waals surface area (Å²) in [5.74, 6) is 0.823. The summed E-state index contributed by atoms with van der Waals surface area (Å²) < 4.78 is 36.6. The predicted molar refractivity (Wildman–Crippen MR) is 99.6 cm³/mol. The van der Waals surface area contributed by atoms with Gasteiger partial charge in [-0.1, -0.05) is 12.1 Å². The Morgan fingerprint density at radius 1 is 1.25 bits per heavy atom. The van der Waals surface area contributed by atoms with Crippen molar-refractivity contribution in [2.75, 3.05) is 12.9 Å². The van der Waals surface area contributed by atoms with E-state index in [0.29, 0.717) is 35.8 Å². The van der Waals surface area contributed by atoms with Crippen LogP contribution in [0.2, 0.25) is 0 Å². The average Bonchev–Trinajstić information content (AvgIpc) is 2.70. The highest BCUT2D eigenvalue weighted by atomic mass is 32.2. The van der Waals surface area contributed by atoms with Crippen molar-refractivity contribution >= 4 is 15.9 Å². The summed E-state index contributed by atoms with van der Waals surface area (Å²) in [6.45, 7) is 0.0325. The molecule has 28 heavy (non-hydrogen) atoms. The molecule has 1 aliphatic heterocycles. The molecule has 2 heterocycles. The van der Waals surface area contributed by atoms with E-state index in [0.717, 1.165) is 4.31 Å². The van der Waals surface area contributed by atoms with Gasteiger partial charge in [0.15, 0.2) is 0 Å². The van der Waals surface area contributed by atoms with Crippen LogP contribution in [0.25, 0.3) is 0 Å². The zero-order chi connectivity index (χ0) is 20.1. The normalized spacial score (nSPS) is 19.0. The van der Waals surface area contributed by atoms with Crippen LogP contribution in [0, 0.1) is 0 Å². The Kier molecular flexibility index (Phi) is 6.12. The number of aromatic nitrogens is 1. The molecule has 0 unspecified atom stereocenters. The predicted octanol–water partition coefficient (Wildman–Crippen LogP) is 1.68. The monoisotopic (exact) mass is 407 g/mol. The van der Waals surface area contributed by atoms with Crippen molar-refractivity contribution < 1.29 is 27.9 Å². The number of carbonyl (C=O) groups excluding carboxylic acids is 1. The fourth-order valence-electron chi connectivity index (χ4n) is 2.99. The summed E-state index contributed by atoms with van der Waals surface area (Å²) in [5, 5.41) is 8.90. The van der Waals surface area contributed by atoms with E-state index in [1.165, 1.54) is 13.3 Å². The molecule has 0 spiro atoms. The topological polar surface area (TPSA) is 118 Å². The molecule has 10 heteroatoms. The number of pyridine rings is 1. The number of amides is 1. The lowest BCUT2D eigenvalue weighted by atomic mass is 10.1. The Labute approximate surface area is 162 Å². The number of nitrogens with one attached hydrogen (secondary N) is 1. The third kappa shape index (κ3) is 4.58. The summed E-state index contributed by atoms with van der Waals surface area (Å²) in [5.41, 5.74) is 2.25. The molecule has 0 aliphatic carbocycles. The molecular formula is C18H21N3O6S. The Morgan fingerprint density at radius 2 is 1.96 bits per heavy atom. The van der Waals surface area contributed by atoms with Crippen LogP contribution in [-0.4, -0.2) is 47.7 Å². The number of ether oxygens (including phenoxy) is 2. The molecule has 1 atom stereocenters. The van der Waals surface area contributed by atoms with Crippen molar-refractivity contribution in [3.63, 3.8) is 0 Å². The Morgan fingerprint density at radius 3 is 2.57 bits per heavy atom. The first kappa shape index (κ1) is 20.1. The number of hydrogen-bond acceptors (Lipinski definition) is 7. The molecule has 0 bridgehead atoms. The first-order chi connectivity index (χ1) is 13.4. The lowest BCUT2D eigenvalue weighted by molar-refractivity contribution is -0.133. The van der Waals surface area contributed by atoms with Crippen molar-refractivity contribution in [1.82, 2.24) is 14.8 Å². The standard InChI is InChI=1S/C18H21N3O6S/c1-26-17-9-8-15(11-19-17)27-14-6-4-13(5-7-14)12-21-16(18(22)20-23)3-2-10-28(21,24)25/h4-9,11,16,23H,2-3,10,12H2,1H3,(H,20,22)/t16-/m0/s1. The quantitative estimate of drug-likeness (QED) is 0.552. The lowest BCUT2D eigenvalue weighted by Crippen LogP contribution is -2.51. The summed E-state index contributed by atoms with van der Waals surface area (Å²) >= 11 is 0. The maximum atomic E-state index is 12.4. The number of nitrogens with zero attached hydrogens (tertiary/aromatic N) is 2. The molecule has 3 rings (SSSR count). The number of rotatable bonds is 6. The van der Waals surface area contributed by atoms with Gasteiger partial charge in [0.2, 0.25) is 15.9 Å². The van der Waals surface area contributed by atoms with Gasteiger partial charge < -0.3 is 9.47 Å². The second kappa shape index (κ2) is 8.55. The minimum Gasteiger partial charge on any atom is -0.481 e. The van der Waals surface area contributed by atoms with Crippen LogP contribution in [0.5, 0.6) is 17.4 Å². The van der Waals surface area contributed by atoms with E-state index < -0.39 is 22.0 Å². The minimum atomic E-state index is -3.58. The van der Waals surface area contributed by atoms with E-state index in [9.17, 15) is 13.2 Å². The number of hydrogen-bond donors (Lipinski definition) is 2. The summed E-state index contributed by atoms with van der Waals surface area (Å²) in [6.07, 6.45) is 2.27. The Bertz CT molecular complexity index is 915. The second-order valence-electron chi connectivity index (χ2n) is 6.28. The van der Waals surface area contributed by atoms with Gasteiger partial charge in [-0.2, -0.15) is 4.31 Å². The van der Waals surface area contributed by atoms with Crippen molar-refractivity contribution in [2.24, 2.45) is 0 Å². The molecule has 1 aliphatic rings. The minimum absolute atomic E-state index is 0.0200. The van der Waals surface area contributed by atoms with E-state index in [1.807, 2.05) is 0 Å². The summed E-state index contributed by atoms with van der Waals surface area (Å²) in [7, 11) is -2.05. The van der Waals surface area contributed by atoms with Crippen LogP contribution in [0.1, 0.15) is 18.4 Å². The number of benzene rings is 1. The maximum absolute atomic E-state index is 12.4. The number of sulfonamides is 1. The molecule has 2 aromatic rings. The Balaban J connectivity index is 1.72. The molecule has 2 N–H and O–H groups in total. The zero-order valence-corrected chi connectivity index (χ0v) is 16.1. The van der Waals surface area contributed by atoms with Gasteiger partial charge in [-0.25, -0.2) is 18.9 Å². The molecule has 0 radical (unpaired) electrons. The molecular weight excluding hydrogens is 386 g/mol. The van der Waals surface area contributed by atoms with Gasteiger partial charge in [-0.15, -0.1) is 0 Å². The first-order valence-corrected chi connectivity index (χ1v) is 10.2. The molecule has 1 aromatic carbocycles. The summed E-state index contributed by atoms with van der Waals surface area (Å²) in [4.78, 5) is 15.9. The van der Waals surface area contributed by atoms with Crippen LogP contribution >= 0.6 is 0 Å². The SMILES string of the molecule is COc1ccc(Oc2ccc(CN3[C@H](C(=O)NO)CCCS3(=O)=O)cc2)cn1. The molecule has 1 saturated heterocycles. The van der Waals surface area contributed by atoms with Crippen molar-refractivity contribution in [3.05, 3.63) is 48.2 Å². The smallest absolute Gasteiger partial charge is 0.261 e. The third-order valence-corrected chi connectivity index (χ3v) is 6.32. The van der Waals surface area contributed by atoms with Crippen LogP contribution in [0.3, 0.4) is 0 Å². The molecule has 1 aromatic heterocycles. The van der Waals surface area contributed by atoms with Gasteiger partial charge in [-0.3, -0.25) is 10.0 Å². The van der Waals surface area contributed by atoms with Crippen LogP contribution in [0.4, 0.5) is 0 Å². The average molecular weight is 407 g/mol. The fraction of sp³-hybridized carbons (Fsp3) is 0.333. The highest BCUT2D eigenvalue weighted by Crippen LogP contribution is 2.26. The Hall–Kier alpha value is -2.69. The van der Waals surface area contributed by atoms with Gasteiger partial charge in [0.1, 0.15) is 17.5 Å². The molecule has 1 amide bonds. The second-order valence-corrected chi connectivity index (χ2v) is 8.32. The fourth-order valence-corrected chi connectivity index (χ4v) is 4.69.